The molecule has 2 unspecified atom stereocenters. The molecule has 0 aliphatic heterocycles. The summed E-state index contributed by atoms with van der Waals surface area (Å²) in [5.41, 5.74) is 0.635. The number of nitrogens with one attached hydrogen (secondary N) is 2. The van der Waals surface area contributed by atoms with Crippen LogP contribution in [0.5, 0.6) is 0 Å². The van der Waals surface area contributed by atoms with Gasteiger partial charge in [-0.1, -0.05) is 0 Å². The van der Waals surface area contributed by atoms with Crippen LogP contribution in [-0.2, 0) is 4.79 Å². The molecule has 0 radical (unpaired) electrons. The molecule has 0 saturated heterocycles. The maximum atomic E-state index is 11.6. The number of aliphatic hydroxyl groups excluding tert-OH is 1. The van der Waals surface area contributed by atoms with Crippen molar-refractivity contribution in [3.63, 3.8) is 0 Å². The van der Waals surface area contributed by atoms with E-state index in [1.165, 1.54) is 11.3 Å². The van der Waals surface area contributed by atoms with E-state index in [-0.39, 0.29) is 24.3 Å². The molecule has 0 bridgehead atoms. The standard InChI is InChI=1S/C14H20N2O3S/c17-12-2-1-10(7-12)8-16-13(18)3-5-15-14(19)11-4-6-20-9-11/h4,6,9-10,12,17H,1-3,5,7-8H2,(H,15,19)(H,16,18). The highest BCUT2D eigenvalue weighted by molar-refractivity contribution is 7.08. The Morgan fingerprint density at radius 2 is 2.20 bits per heavy atom. The first kappa shape index (κ1) is 15.0. The smallest absolute Gasteiger partial charge is 0.252 e. The summed E-state index contributed by atoms with van der Waals surface area (Å²) < 4.78 is 0. The summed E-state index contributed by atoms with van der Waals surface area (Å²) in [6.07, 6.45) is 2.65. The van der Waals surface area contributed by atoms with Gasteiger partial charge in [0.25, 0.3) is 5.91 Å². The normalized spacial score (nSPS) is 21.6. The summed E-state index contributed by atoms with van der Waals surface area (Å²) in [5.74, 6) is 0.185. The number of hydrogen-bond acceptors (Lipinski definition) is 4. The number of aliphatic hydroxyl groups is 1. The zero-order valence-corrected chi connectivity index (χ0v) is 12.1. The molecule has 3 N–H and O–H groups in total. The van der Waals surface area contributed by atoms with Gasteiger partial charge >= 0.3 is 0 Å². The highest BCUT2D eigenvalue weighted by atomic mass is 32.1. The van der Waals surface area contributed by atoms with Gasteiger partial charge in [-0.15, -0.1) is 0 Å². The molecule has 1 saturated carbocycles. The van der Waals surface area contributed by atoms with Crippen molar-refractivity contribution in [1.82, 2.24) is 10.6 Å². The van der Waals surface area contributed by atoms with E-state index in [1.54, 1.807) is 11.4 Å². The van der Waals surface area contributed by atoms with Crippen LogP contribution in [-0.4, -0.2) is 36.1 Å². The topological polar surface area (TPSA) is 78.4 Å². The second-order valence-electron chi connectivity index (χ2n) is 5.15. The second-order valence-corrected chi connectivity index (χ2v) is 5.93. The van der Waals surface area contributed by atoms with Crippen LogP contribution in [0, 0.1) is 5.92 Å². The van der Waals surface area contributed by atoms with Crippen molar-refractivity contribution in [2.24, 2.45) is 5.92 Å². The van der Waals surface area contributed by atoms with Crippen LogP contribution in [0.1, 0.15) is 36.0 Å². The van der Waals surface area contributed by atoms with Crippen LogP contribution >= 0.6 is 11.3 Å². The van der Waals surface area contributed by atoms with Gasteiger partial charge < -0.3 is 15.7 Å². The third-order valence-corrected chi connectivity index (χ3v) is 4.21. The number of rotatable bonds is 6. The first-order valence-corrected chi connectivity index (χ1v) is 7.84. The summed E-state index contributed by atoms with van der Waals surface area (Å²) in [4.78, 5) is 23.3. The SMILES string of the molecule is O=C(CCNC(=O)c1ccsc1)NCC1CCC(O)C1. The first-order chi connectivity index (χ1) is 9.65. The minimum absolute atomic E-state index is 0.0583. The highest BCUT2D eigenvalue weighted by Crippen LogP contribution is 2.24. The van der Waals surface area contributed by atoms with E-state index in [0.717, 1.165) is 19.3 Å². The van der Waals surface area contributed by atoms with Crippen LogP contribution in [0.25, 0.3) is 0 Å². The predicted molar refractivity (Wildman–Crippen MR) is 77.6 cm³/mol. The molecule has 1 aliphatic carbocycles. The molecular weight excluding hydrogens is 276 g/mol. The first-order valence-electron chi connectivity index (χ1n) is 6.90. The number of carbonyl (C=O) groups is 2. The summed E-state index contributed by atoms with van der Waals surface area (Å²) in [7, 11) is 0. The van der Waals surface area contributed by atoms with Crippen molar-refractivity contribution in [1.29, 1.82) is 0 Å². The van der Waals surface area contributed by atoms with Gasteiger partial charge in [-0.3, -0.25) is 9.59 Å². The molecule has 1 heterocycles. The number of hydrogen-bond donors (Lipinski definition) is 3. The van der Waals surface area contributed by atoms with E-state index in [4.69, 9.17) is 0 Å². The average molecular weight is 296 g/mol. The molecule has 1 aromatic rings. The van der Waals surface area contributed by atoms with Crippen molar-refractivity contribution in [3.8, 4) is 0 Å². The number of thiophene rings is 1. The lowest BCUT2D eigenvalue weighted by atomic mass is 10.1. The lowest BCUT2D eigenvalue weighted by Crippen LogP contribution is -2.32. The summed E-state index contributed by atoms with van der Waals surface area (Å²) in [5, 5.41) is 18.6. The Balaban J connectivity index is 1.57. The summed E-state index contributed by atoms with van der Waals surface area (Å²) in [6.45, 7) is 0.960. The summed E-state index contributed by atoms with van der Waals surface area (Å²) >= 11 is 1.47. The zero-order valence-electron chi connectivity index (χ0n) is 11.3. The molecule has 6 heteroatoms. The van der Waals surface area contributed by atoms with Crippen molar-refractivity contribution in [2.75, 3.05) is 13.1 Å². The van der Waals surface area contributed by atoms with E-state index >= 15 is 0 Å². The molecular formula is C14H20N2O3S. The van der Waals surface area contributed by atoms with E-state index < -0.39 is 0 Å². The maximum Gasteiger partial charge on any atom is 0.252 e. The third-order valence-electron chi connectivity index (χ3n) is 3.52. The Bertz CT molecular complexity index is 447. The fourth-order valence-electron chi connectivity index (χ4n) is 2.37. The predicted octanol–water partition coefficient (Wildman–Crippen LogP) is 1.15. The van der Waals surface area contributed by atoms with Crippen molar-refractivity contribution in [3.05, 3.63) is 22.4 Å². The van der Waals surface area contributed by atoms with Crippen LogP contribution in [0.3, 0.4) is 0 Å². The van der Waals surface area contributed by atoms with Crippen LogP contribution in [0.4, 0.5) is 0 Å². The van der Waals surface area contributed by atoms with Crippen LogP contribution in [0.15, 0.2) is 16.8 Å². The van der Waals surface area contributed by atoms with Gasteiger partial charge in [0.15, 0.2) is 0 Å². The van der Waals surface area contributed by atoms with E-state index in [1.807, 2.05) is 5.38 Å². The maximum absolute atomic E-state index is 11.6. The van der Waals surface area contributed by atoms with Gasteiger partial charge in [-0.2, -0.15) is 11.3 Å². The van der Waals surface area contributed by atoms with Gasteiger partial charge in [0.1, 0.15) is 0 Å². The molecule has 0 spiro atoms. The molecule has 110 valence electrons. The Hall–Kier alpha value is -1.40. The van der Waals surface area contributed by atoms with Crippen LogP contribution < -0.4 is 10.6 Å². The van der Waals surface area contributed by atoms with E-state index in [9.17, 15) is 14.7 Å². The number of amides is 2. The van der Waals surface area contributed by atoms with Gasteiger partial charge in [-0.05, 0) is 36.6 Å². The Morgan fingerprint density at radius 3 is 2.85 bits per heavy atom. The fraction of sp³-hybridized carbons (Fsp3) is 0.571. The van der Waals surface area contributed by atoms with Crippen molar-refractivity contribution >= 4 is 23.2 Å². The molecule has 5 nitrogen and oxygen atoms in total. The highest BCUT2D eigenvalue weighted by Gasteiger charge is 2.22. The summed E-state index contributed by atoms with van der Waals surface area (Å²) in [6, 6.07) is 1.76. The van der Waals surface area contributed by atoms with E-state index in [2.05, 4.69) is 10.6 Å². The van der Waals surface area contributed by atoms with Crippen LogP contribution in [0.2, 0.25) is 0 Å². The minimum Gasteiger partial charge on any atom is -0.393 e. The fourth-order valence-corrected chi connectivity index (χ4v) is 3.00. The van der Waals surface area contributed by atoms with Gasteiger partial charge in [0.05, 0.1) is 6.10 Å². The van der Waals surface area contributed by atoms with Gasteiger partial charge in [-0.25, -0.2) is 0 Å². The minimum atomic E-state index is -0.207. The molecule has 2 rings (SSSR count). The lowest BCUT2D eigenvalue weighted by Gasteiger charge is -2.11. The monoisotopic (exact) mass is 296 g/mol. The zero-order chi connectivity index (χ0) is 14.4. The Labute approximate surface area is 122 Å². The quantitative estimate of drug-likeness (QED) is 0.737. The molecule has 2 amide bonds. The second kappa shape index (κ2) is 7.40. The molecule has 20 heavy (non-hydrogen) atoms. The molecule has 2 atom stereocenters. The molecule has 0 aromatic carbocycles. The third kappa shape index (κ3) is 4.61. The molecule has 1 aromatic heterocycles. The van der Waals surface area contributed by atoms with Crippen molar-refractivity contribution in [2.45, 2.75) is 31.8 Å². The lowest BCUT2D eigenvalue weighted by molar-refractivity contribution is -0.121. The van der Waals surface area contributed by atoms with Crippen molar-refractivity contribution < 1.29 is 14.7 Å². The average Bonchev–Trinajstić information content (AvgIpc) is 3.07. The van der Waals surface area contributed by atoms with Gasteiger partial charge in [0, 0.05) is 30.5 Å². The Morgan fingerprint density at radius 1 is 1.35 bits per heavy atom. The molecule has 1 fully saturated rings. The molecule has 1 aliphatic rings. The number of carbonyl (C=O) groups excluding carboxylic acids is 2. The largest absolute Gasteiger partial charge is 0.393 e. The Kier molecular flexibility index (Phi) is 5.55. The van der Waals surface area contributed by atoms with E-state index in [0.29, 0.717) is 24.6 Å². The van der Waals surface area contributed by atoms with Gasteiger partial charge in [0.2, 0.25) is 5.91 Å².